The summed E-state index contributed by atoms with van der Waals surface area (Å²) in [6.45, 7) is 4.26. The lowest BCUT2D eigenvalue weighted by atomic mass is 10.2. The second-order valence-corrected chi connectivity index (χ2v) is 4.65. The van der Waals surface area contributed by atoms with Crippen LogP contribution in [0, 0.1) is 0 Å². The van der Waals surface area contributed by atoms with Crippen LogP contribution >= 0.6 is 0 Å². The first-order valence-electron chi connectivity index (χ1n) is 6.65. The van der Waals surface area contributed by atoms with Crippen molar-refractivity contribution in [1.29, 1.82) is 0 Å². The monoisotopic (exact) mass is 260 g/mol. The van der Waals surface area contributed by atoms with E-state index in [2.05, 4.69) is 16.8 Å². The molecule has 0 saturated heterocycles. The molecule has 0 aliphatic rings. The molecule has 2 N–H and O–H groups in total. The lowest BCUT2D eigenvalue weighted by Gasteiger charge is -2.20. The first-order chi connectivity index (χ1) is 9.24. The molecule has 0 fully saturated rings. The minimum absolute atomic E-state index is 0.119. The number of hydrogen-bond acceptors (Lipinski definition) is 4. The van der Waals surface area contributed by atoms with Gasteiger partial charge in [0, 0.05) is 18.5 Å². The molecule has 4 heteroatoms. The highest BCUT2D eigenvalue weighted by Crippen LogP contribution is 2.22. The summed E-state index contributed by atoms with van der Waals surface area (Å²) in [5, 5.41) is 20.0. The number of nitrogens with zero attached hydrogens (tertiary/aromatic N) is 2. The Morgan fingerprint density at radius 2 is 2.00 bits per heavy atom. The Bertz CT molecular complexity index is 537. The standard InChI is InChI=1S/C15H20N2O2/c1-2-7-17(8-9-18)11-14-15(19)10-12-5-3-4-6-13(12)16-14/h3-6,10,18-19H,2,7-9,11H2,1H3. The second-order valence-electron chi connectivity index (χ2n) is 4.65. The van der Waals surface area contributed by atoms with Crippen LogP contribution in [0.2, 0.25) is 0 Å². The van der Waals surface area contributed by atoms with Crippen molar-refractivity contribution >= 4 is 10.9 Å². The van der Waals surface area contributed by atoms with Crippen LogP contribution in [0.4, 0.5) is 0 Å². The number of aliphatic hydroxyl groups excluding tert-OH is 1. The van der Waals surface area contributed by atoms with Crippen LogP contribution in [-0.4, -0.2) is 39.8 Å². The van der Waals surface area contributed by atoms with E-state index < -0.39 is 0 Å². The molecule has 1 aromatic heterocycles. The van der Waals surface area contributed by atoms with Gasteiger partial charge in [0.15, 0.2) is 0 Å². The van der Waals surface area contributed by atoms with Gasteiger partial charge in [-0.1, -0.05) is 25.1 Å². The van der Waals surface area contributed by atoms with Crippen molar-refractivity contribution in [3.8, 4) is 5.75 Å². The van der Waals surface area contributed by atoms with E-state index in [1.807, 2.05) is 24.3 Å². The van der Waals surface area contributed by atoms with E-state index in [0.29, 0.717) is 18.8 Å². The van der Waals surface area contributed by atoms with Gasteiger partial charge in [-0.3, -0.25) is 4.90 Å². The molecule has 0 radical (unpaired) electrons. The third-order valence-electron chi connectivity index (χ3n) is 3.11. The zero-order valence-corrected chi connectivity index (χ0v) is 11.2. The third-order valence-corrected chi connectivity index (χ3v) is 3.11. The summed E-state index contributed by atoms with van der Waals surface area (Å²) in [5.74, 6) is 0.220. The van der Waals surface area contributed by atoms with E-state index in [-0.39, 0.29) is 12.4 Å². The van der Waals surface area contributed by atoms with Gasteiger partial charge in [0.1, 0.15) is 5.75 Å². The first kappa shape index (κ1) is 13.8. The molecule has 2 aromatic rings. The van der Waals surface area contributed by atoms with Crippen molar-refractivity contribution in [1.82, 2.24) is 9.88 Å². The summed E-state index contributed by atoms with van der Waals surface area (Å²) in [5.41, 5.74) is 1.55. The summed E-state index contributed by atoms with van der Waals surface area (Å²) >= 11 is 0. The van der Waals surface area contributed by atoms with Gasteiger partial charge < -0.3 is 10.2 Å². The second kappa shape index (κ2) is 6.50. The average Bonchev–Trinajstić information content (AvgIpc) is 2.40. The molecule has 19 heavy (non-hydrogen) atoms. The number of para-hydroxylation sites is 1. The molecular formula is C15H20N2O2. The molecule has 0 spiro atoms. The average molecular weight is 260 g/mol. The Kier molecular flexibility index (Phi) is 4.71. The van der Waals surface area contributed by atoms with Gasteiger partial charge in [-0.05, 0) is 25.1 Å². The highest BCUT2D eigenvalue weighted by atomic mass is 16.3. The van der Waals surface area contributed by atoms with Crippen LogP contribution in [0.3, 0.4) is 0 Å². The number of rotatable bonds is 6. The maximum atomic E-state index is 10.0. The van der Waals surface area contributed by atoms with E-state index in [4.69, 9.17) is 5.11 Å². The van der Waals surface area contributed by atoms with E-state index in [1.54, 1.807) is 6.07 Å². The SMILES string of the molecule is CCCN(CCO)Cc1nc2ccccc2cc1O. The van der Waals surface area contributed by atoms with Crippen LogP contribution in [0.15, 0.2) is 30.3 Å². The third kappa shape index (κ3) is 3.43. The molecule has 2 rings (SSSR count). The number of aliphatic hydroxyl groups is 1. The molecule has 0 aliphatic heterocycles. The van der Waals surface area contributed by atoms with E-state index >= 15 is 0 Å². The molecule has 0 unspecified atom stereocenters. The molecule has 1 heterocycles. The van der Waals surface area contributed by atoms with Gasteiger partial charge in [0.05, 0.1) is 17.8 Å². The molecule has 1 aromatic carbocycles. The molecule has 0 amide bonds. The molecule has 0 bridgehead atoms. The zero-order valence-electron chi connectivity index (χ0n) is 11.2. The van der Waals surface area contributed by atoms with Crippen LogP contribution in [-0.2, 0) is 6.54 Å². The minimum atomic E-state index is 0.119. The van der Waals surface area contributed by atoms with E-state index in [9.17, 15) is 5.11 Å². The van der Waals surface area contributed by atoms with Crippen molar-refractivity contribution in [3.63, 3.8) is 0 Å². The lowest BCUT2D eigenvalue weighted by Crippen LogP contribution is -2.27. The lowest BCUT2D eigenvalue weighted by molar-refractivity contribution is 0.187. The largest absolute Gasteiger partial charge is 0.506 e. The predicted octanol–water partition coefficient (Wildman–Crippen LogP) is 2.14. The molecule has 4 nitrogen and oxygen atoms in total. The Morgan fingerprint density at radius 1 is 1.21 bits per heavy atom. The van der Waals surface area contributed by atoms with Crippen molar-refractivity contribution in [3.05, 3.63) is 36.0 Å². The highest BCUT2D eigenvalue weighted by Gasteiger charge is 2.10. The van der Waals surface area contributed by atoms with Crippen LogP contribution in [0.1, 0.15) is 19.0 Å². The topological polar surface area (TPSA) is 56.6 Å². The zero-order chi connectivity index (χ0) is 13.7. The first-order valence-corrected chi connectivity index (χ1v) is 6.65. The fraction of sp³-hybridized carbons (Fsp3) is 0.400. The normalized spacial score (nSPS) is 11.3. The Morgan fingerprint density at radius 3 is 2.74 bits per heavy atom. The predicted molar refractivity (Wildman–Crippen MR) is 76.1 cm³/mol. The van der Waals surface area contributed by atoms with Gasteiger partial charge in [-0.2, -0.15) is 0 Å². The van der Waals surface area contributed by atoms with Gasteiger partial charge in [0.2, 0.25) is 0 Å². The Hall–Kier alpha value is -1.65. The summed E-state index contributed by atoms with van der Waals surface area (Å²) < 4.78 is 0. The van der Waals surface area contributed by atoms with Crippen molar-refractivity contribution in [2.75, 3.05) is 19.7 Å². The Balaban J connectivity index is 2.25. The smallest absolute Gasteiger partial charge is 0.139 e. The van der Waals surface area contributed by atoms with E-state index in [0.717, 1.165) is 23.9 Å². The van der Waals surface area contributed by atoms with Gasteiger partial charge in [0.25, 0.3) is 0 Å². The number of fused-ring (bicyclic) bond motifs is 1. The van der Waals surface area contributed by atoms with Gasteiger partial charge in [-0.15, -0.1) is 0 Å². The number of benzene rings is 1. The minimum Gasteiger partial charge on any atom is -0.506 e. The van der Waals surface area contributed by atoms with Gasteiger partial charge >= 0.3 is 0 Å². The number of hydrogen-bond donors (Lipinski definition) is 2. The van der Waals surface area contributed by atoms with Crippen LogP contribution in [0.25, 0.3) is 10.9 Å². The molecular weight excluding hydrogens is 240 g/mol. The summed E-state index contributed by atoms with van der Waals surface area (Å²) in [6.07, 6.45) is 1.01. The molecule has 0 saturated carbocycles. The van der Waals surface area contributed by atoms with E-state index in [1.165, 1.54) is 0 Å². The Labute approximate surface area is 113 Å². The van der Waals surface area contributed by atoms with Crippen molar-refractivity contribution < 1.29 is 10.2 Å². The fourth-order valence-electron chi connectivity index (χ4n) is 2.20. The number of aromatic nitrogens is 1. The van der Waals surface area contributed by atoms with Crippen molar-refractivity contribution in [2.45, 2.75) is 19.9 Å². The van der Waals surface area contributed by atoms with Crippen molar-refractivity contribution in [2.24, 2.45) is 0 Å². The quantitative estimate of drug-likeness (QED) is 0.835. The molecule has 102 valence electrons. The fourth-order valence-corrected chi connectivity index (χ4v) is 2.20. The summed E-state index contributed by atoms with van der Waals surface area (Å²) in [6, 6.07) is 9.49. The van der Waals surface area contributed by atoms with Crippen LogP contribution in [0.5, 0.6) is 5.75 Å². The van der Waals surface area contributed by atoms with Gasteiger partial charge in [-0.25, -0.2) is 4.98 Å². The highest BCUT2D eigenvalue weighted by molar-refractivity contribution is 5.80. The number of pyridine rings is 1. The molecule has 0 aliphatic carbocycles. The summed E-state index contributed by atoms with van der Waals surface area (Å²) in [7, 11) is 0. The maximum Gasteiger partial charge on any atom is 0.139 e. The molecule has 0 atom stereocenters. The van der Waals surface area contributed by atoms with Crippen LogP contribution < -0.4 is 0 Å². The number of aromatic hydroxyl groups is 1. The summed E-state index contributed by atoms with van der Waals surface area (Å²) in [4.78, 5) is 6.60. The maximum absolute atomic E-state index is 10.0.